The van der Waals surface area contributed by atoms with Crippen LogP contribution >= 0.6 is 39.1 Å². The van der Waals surface area contributed by atoms with Crippen LogP contribution in [0.4, 0.5) is 0 Å². The number of hydrogen-bond acceptors (Lipinski definition) is 1. The predicted molar refractivity (Wildman–Crippen MR) is 78.5 cm³/mol. The Bertz CT molecular complexity index is 455. The first-order valence-electron chi connectivity index (χ1n) is 5.96. The summed E-state index contributed by atoms with van der Waals surface area (Å²) in [7, 11) is 0. The molecular formula is C13H14BrCl2NO. The Morgan fingerprint density at radius 2 is 1.94 bits per heavy atom. The van der Waals surface area contributed by atoms with Gasteiger partial charge in [-0.2, -0.15) is 0 Å². The first kappa shape index (κ1) is 14.2. The summed E-state index contributed by atoms with van der Waals surface area (Å²) >= 11 is 15.4. The number of amides is 1. The number of benzene rings is 1. The van der Waals surface area contributed by atoms with E-state index < -0.39 is 0 Å². The largest absolute Gasteiger partial charge is 0.336 e. The molecule has 18 heavy (non-hydrogen) atoms. The van der Waals surface area contributed by atoms with Gasteiger partial charge in [0, 0.05) is 18.2 Å². The molecule has 0 N–H and O–H groups in total. The van der Waals surface area contributed by atoms with Crippen molar-refractivity contribution in [1.82, 2.24) is 4.90 Å². The molecule has 0 bridgehead atoms. The van der Waals surface area contributed by atoms with E-state index >= 15 is 0 Å². The molecule has 0 unspecified atom stereocenters. The number of hydrogen-bond donors (Lipinski definition) is 0. The summed E-state index contributed by atoms with van der Waals surface area (Å²) < 4.78 is 0.633. The Hall–Kier alpha value is -0.250. The molecule has 1 aliphatic heterocycles. The van der Waals surface area contributed by atoms with E-state index in [1.54, 1.807) is 12.1 Å². The van der Waals surface area contributed by atoms with Crippen LogP contribution < -0.4 is 0 Å². The average Bonchev–Trinajstić information content (AvgIpc) is 2.35. The molecule has 1 aromatic carbocycles. The van der Waals surface area contributed by atoms with Gasteiger partial charge in [0.05, 0.1) is 14.5 Å². The van der Waals surface area contributed by atoms with E-state index in [0.717, 1.165) is 19.4 Å². The molecule has 1 atom stereocenters. The number of piperidine rings is 1. The fourth-order valence-corrected chi connectivity index (χ4v) is 2.96. The lowest BCUT2D eigenvalue weighted by molar-refractivity contribution is 0.0635. The highest BCUT2D eigenvalue weighted by Crippen LogP contribution is 2.32. The van der Waals surface area contributed by atoms with Crippen LogP contribution in [-0.4, -0.2) is 23.4 Å². The molecule has 1 saturated heterocycles. The minimum atomic E-state index is 0.0125. The number of rotatable bonds is 1. The molecule has 0 aliphatic carbocycles. The summed E-state index contributed by atoms with van der Waals surface area (Å²) in [5.41, 5.74) is 0.557. The van der Waals surface area contributed by atoms with Gasteiger partial charge in [-0.25, -0.2) is 0 Å². The Labute approximate surface area is 125 Å². The summed E-state index contributed by atoms with van der Waals surface area (Å²) in [5, 5.41) is 0.936. The van der Waals surface area contributed by atoms with Crippen molar-refractivity contribution >= 4 is 45.0 Å². The Balaban J connectivity index is 2.28. The molecule has 0 spiro atoms. The molecule has 5 heteroatoms. The number of carbonyl (C=O) groups excluding carboxylic acids is 1. The van der Waals surface area contributed by atoms with Crippen LogP contribution in [0, 0.1) is 0 Å². The van der Waals surface area contributed by atoms with Gasteiger partial charge in [-0.1, -0.05) is 23.2 Å². The van der Waals surface area contributed by atoms with Gasteiger partial charge in [-0.15, -0.1) is 0 Å². The minimum absolute atomic E-state index is 0.0125. The highest BCUT2D eigenvalue weighted by atomic mass is 79.9. The van der Waals surface area contributed by atoms with Crippen LogP contribution in [0.2, 0.25) is 10.0 Å². The van der Waals surface area contributed by atoms with Crippen molar-refractivity contribution in [3.05, 3.63) is 32.2 Å². The highest BCUT2D eigenvalue weighted by molar-refractivity contribution is 9.10. The molecule has 1 heterocycles. The zero-order chi connectivity index (χ0) is 13.3. The standard InChI is InChI=1S/C13H14BrCl2NO/c1-8-4-2-3-5-17(8)13(18)9-6-10(15)12(14)11(16)7-9/h6-8H,2-5H2,1H3/t8-/m1/s1. The average molecular weight is 351 g/mol. The van der Waals surface area contributed by atoms with Crippen molar-refractivity contribution in [3.63, 3.8) is 0 Å². The van der Waals surface area contributed by atoms with Crippen molar-refractivity contribution in [2.45, 2.75) is 32.2 Å². The van der Waals surface area contributed by atoms with Crippen molar-refractivity contribution in [1.29, 1.82) is 0 Å². The second-order valence-electron chi connectivity index (χ2n) is 4.60. The van der Waals surface area contributed by atoms with Crippen molar-refractivity contribution in [2.75, 3.05) is 6.54 Å². The number of nitrogens with zero attached hydrogens (tertiary/aromatic N) is 1. The van der Waals surface area contributed by atoms with Crippen LogP contribution in [0.15, 0.2) is 16.6 Å². The minimum Gasteiger partial charge on any atom is -0.336 e. The van der Waals surface area contributed by atoms with E-state index in [4.69, 9.17) is 23.2 Å². The molecular weight excluding hydrogens is 337 g/mol. The third-order valence-corrected chi connectivity index (χ3v) is 5.20. The predicted octanol–water partition coefficient (Wildman–Crippen LogP) is 4.77. The van der Waals surface area contributed by atoms with Crippen molar-refractivity contribution < 1.29 is 4.79 Å². The van der Waals surface area contributed by atoms with Gasteiger partial charge in [-0.05, 0) is 54.2 Å². The topological polar surface area (TPSA) is 20.3 Å². The summed E-state index contributed by atoms with van der Waals surface area (Å²) in [6.07, 6.45) is 3.31. The maximum absolute atomic E-state index is 12.4. The lowest BCUT2D eigenvalue weighted by Gasteiger charge is -2.33. The van der Waals surface area contributed by atoms with Crippen LogP contribution in [0.5, 0.6) is 0 Å². The molecule has 2 rings (SSSR count). The SMILES string of the molecule is C[C@@H]1CCCCN1C(=O)c1cc(Cl)c(Br)c(Cl)c1. The van der Waals surface area contributed by atoms with E-state index in [2.05, 4.69) is 22.9 Å². The van der Waals surface area contributed by atoms with Gasteiger partial charge in [0.1, 0.15) is 0 Å². The summed E-state index contributed by atoms with van der Waals surface area (Å²) in [6, 6.07) is 3.62. The fourth-order valence-electron chi connectivity index (χ4n) is 2.24. The van der Waals surface area contributed by atoms with Gasteiger partial charge in [-0.3, -0.25) is 4.79 Å². The molecule has 2 nitrogen and oxygen atoms in total. The zero-order valence-electron chi connectivity index (χ0n) is 10.0. The van der Waals surface area contributed by atoms with Crippen molar-refractivity contribution in [2.24, 2.45) is 0 Å². The van der Waals surface area contributed by atoms with E-state index in [1.807, 2.05) is 4.90 Å². The number of halogens is 3. The molecule has 1 amide bonds. The second kappa shape index (κ2) is 5.81. The van der Waals surface area contributed by atoms with Gasteiger partial charge in [0.2, 0.25) is 0 Å². The van der Waals surface area contributed by atoms with Crippen molar-refractivity contribution in [3.8, 4) is 0 Å². The van der Waals surface area contributed by atoms with Gasteiger partial charge >= 0.3 is 0 Å². The third-order valence-electron chi connectivity index (χ3n) is 3.29. The maximum Gasteiger partial charge on any atom is 0.254 e. The normalized spacial score (nSPS) is 20.0. The van der Waals surface area contributed by atoms with Crippen LogP contribution in [-0.2, 0) is 0 Å². The molecule has 1 aliphatic rings. The first-order chi connectivity index (χ1) is 8.50. The smallest absolute Gasteiger partial charge is 0.254 e. The van der Waals surface area contributed by atoms with Gasteiger partial charge in [0.25, 0.3) is 5.91 Å². The Kier molecular flexibility index (Phi) is 4.57. The molecule has 0 saturated carbocycles. The van der Waals surface area contributed by atoms with E-state index in [0.29, 0.717) is 20.1 Å². The monoisotopic (exact) mass is 349 g/mol. The van der Waals surface area contributed by atoms with E-state index in [1.165, 1.54) is 6.42 Å². The summed E-state index contributed by atoms with van der Waals surface area (Å²) in [4.78, 5) is 14.3. The lowest BCUT2D eigenvalue weighted by atomic mass is 10.0. The Morgan fingerprint density at radius 3 is 2.50 bits per heavy atom. The maximum atomic E-state index is 12.4. The molecule has 0 radical (unpaired) electrons. The molecule has 98 valence electrons. The molecule has 1 fully saturated rings. The third kappa shape index (κ3) is 2.84. The highest BCUT2D eigenvalue weighted by Gasteiger charge is 2.25. The fraction of sp³-hybridized carbons (Fsp3) is 0.462. The van der Waals surface area contributed by atoms with Gasteiger partial charge < -0.3 is 4.90 Å². The van der Waals surface area contributed by atoms with E-state index in [9.17, 15) is 4.79 Å². The number of likely N-dealkylation sites (tertiary alicyclic amines) is 1. The zero-order valence-corrected chi connectivity index (χ0v) is 13.1. The molecule has 1 aromatic rings. The summed E-state index contributed by atoms with van der Waals surface area (Å²) in [5.74, 6) is 0.0125. The number of carbonyl (C=O) groups is 1. The summed E-state index contributed by atoms with van der Waals surface area (Å²) in [6.45, 7) is 2.89. The lowest BCUT2D eigenvalue weighted by Crippen LogP contribution is -2.42. The first-order valence-corrected chi connectivity index (χ1v) is 7.51. The Morgan fingerprint density at radius 1 is 1.33 bits per heavy atom. The quantitative estimate of drug-likeness (QED) is 0.668. The van der Waals surface area contributed by atoms with Crippen LogP contribution in [0.1, 0.15) is 36.5 Å². The van der Waals surface area contributed by atoms with Gasteiger partial charge in [0.15, 0.2) is 0 Å². The van der Waals surface area contributed by atoms with E-state index in [-0.39, 0.29) is 11.9 Å². The molecule has 0 aromatic heterocycles. The van der Waals surface area contributed by atoms with Crippen LogP contribution in [0.25, 0.3) is 0 Å². The van der Waals surface area contributed by atoms with Crippen LogP contribution in [0.3, 0.4) is 0 Å². The second-order valence-corrected chi connectivity index (χ2v) is 6.20.